The predicted molar refractivity (Wildman–Crippen MR) is 118 cm³/mol. The van der Waals surface area contributed by atoms with Crippen LogP contribution in [0.3, 0.4) is 0 Å². The zero-order valence-electron chi connectivity index (χ0n) is 17.5. The van der Waals surface area contributed by atoms with Crippen molar-refractivity contribution >= 4 is 38.7 Å². The van der Waals surface area contributed by atoms with E-state index in [-0.39, 0.29) is 28.5 Å². The monoisotopic (exact) mass is 455 g/mol. The Morgan fingerprint density at radius 1 is 1.34 bits per heavy atom. The van der Waals surface area contributed by atoms with Crippen LogP contribution in [0.5, 0.6) is 5.75 Å². The maximum Gasteiger partial charge on any atom is 0.342 e. The highest BCUT2D eigenvalue weighted by atomic mass is 32.1. The average Bonchev–Trinajstić information content (AvgIpc) is 3.47. The van der Waals surface area contributed by atoms with Crippen molar-refractivity contribution in [3.05, 3.63) is 38.7 Å². The minimum absolute atomic E-state index is 0.0391. The van der Waals surface area contributed by atoms with E-state index in [0.717, 1.165) is 25.0 Å². The fraction of sp³-hybridized carbons (Fsp3) is 0.478. The summed E-state index contributed by atoms with van der Waals surface area (Å²) in [5.41, 5.74) is 7.37. The smallest absolute Gasteiger partial charge is 0.342 e. The summed E-state index contributed by atoms with van der Waals surface area (Å²) in [4.78, 5) is 27.3. The van der Waals surface area contributed by atoms with Crippen LogP contribution in [0.25, 0.3) is 15.7 Å². The number of nitrogens with zero attached hydrogens (tertiary/aromatic N) is 2. The van der Waals surface area contributed by atoms with E-state index < -0.39 is 17.2 Å². The minimum Gasteiger partial charge on any atom is -0.483 e. The van der Waals surface area contributed by atoms with Gasteiger partial charge < -0.3 is 20.5 Å². The number of carboxylic acid groups (broad SMARTS) is 1. The molecule has 4 heterocycles. The molecule has 7 nitrogen and oxygen atoms in total. The van der Waals surface area contributed by atoms with Crippen LogP contribution in [0.1, 0.15) is 42.2 Å². The summed E-state index contributed by atoms with van der Waals surface area (Å²) in [6.45, 7) is 3.87. The van der Waals surface area contributed by atoms with E-state index in [1.165, 1.54) is 17.4 Å². The molecule has 0 spiro atoms. The molecule has 4 atom stereocenters. The van der Waals surface area contributed by atoms with Crippen molar-refractivity contribution < 1.29 is 19.0 Å². The number of carbonyl (C=O) groups is 1. The van der Waals surface area contributed by atoms with E-state index in [4.69, 9.17) is 10.5 Å². The molecule has 2 bridgehead atoms. The first-order chi connectivity index (χ1) is 15.2. The molecule has 2 aromatic heterocycles. The number of anilines is 1. The van der Waals surface area contributed by atoms with Gasteiger partial charge in [0.15, 0.2) is 11.6 Å². The molecule has 0 radical (unpaired) electrons. The summed E-state index contributed by atoms with van der Waals surface area (Å²) in [7, 11) is 0. The van der Waals surface area contributed by atoms with Crippen LogP contribution in [0.15, 0.2) is 16.2 Å². The predicted octanol–water partition coefficient (Wildman–Crippen LogP) is 3.20. The fourth-order valence-corrected chi connectivity index (χ4v) is 8.26. The second-order valence-corrected chi connectivity index (χ2v) is 11.1. The van der Waals surface area contributed by atoms with Gasteiger partial charge in [0.2, 0.25) is 5.43 Å². The molecular weight excluding hydrogens is 433 g/mol. The minimum atomic E-state index is -1.31. The molecule has 2 aliphatic heterocycles. The van der Waals surface area contributed by atoms with E-state index in [2.05, 4.69) is 6.92 Å². The van der Waals surface area contributed by atoms with Gasteiger partial charge in [-0.15, -0.1) is 11.3 Å². The van der Waals surface area contributed by atoms with E-state index in [9.17, 15) is 14.7 Å². The van der Waals surface area contributed by atoms with Gasteiger partial charge in [0, 0.05) is 24.0 Å². The number of halogens is 1. The number of hydrogen-bond acceptors (Lipinski definition) is 6. The Morgan fingerprint density at radius 3 is 2.88 bits per heavy atom. The number of fused-ring (bicyclic) bond motifs is 5. The number of pyridine rings is 1. The molecule has 2 aliphatic carbocycles. The van der Waals surface area contributed by atoms with Crippen LogP contribution < -0.4 is 20.8 Å². The number of aromatic carboxylic acids is 1. The van der Waals surface area contributed by atoms with Gasteiger partial charge in [-0.05, 0) is 42.6 Å². The molecule has 7 rings (SSSR count). The second-order valence-electron chi connectivity index (χ2n) is 10.3. The Morgan fingerprint density at radius 2 is 2.12 bits per heavy atom. The molecule has 166 valence electrons. The SMILES string of the molecule is CC12CCC(N)(C1)C1CN(c3c(F)cc4c(=O)c(C(=O)O)c5scc6n5c4c3OC6)CC12. The molecule has 3 N–H and O–H groups in total. The van der Waals surface area contributed by atoms with Gasteiger partial charge in [-0.2, -0.15) is 0 Å². The van der Waals surface area contributed by atoms with Crippen molar-refractivity contribution in [3.63, 3.8) is 0 Å². The maximum absolute atomic E-state index is 15.6. The molecule has 4 aliphatic rings. The number of benzene rings is 1. The zero-order chi connectivity index (χ0) is 22.2. The van der Waals surface area contributed by atoms with Gasteiger partial charge in [-0.1, -0.05) is 6.92 Å². The Bertz CT molecular complexity index is 1420. The third kappa shape index (κ3) is 2.05. The van der Waals surface area contributed by atoms with E-state index in [1.807, 2.05) is 4.90 Å². The number of ether oxygens (including phenoxy) is 1. The number of nitrogens with two attached hydrogens (primary N) is 1. The third-order valence-electron chi connectivity index (χ3n) is 8.63. The Hall–Kier alpha value is -2.65. The number of hydrogen-bond donors (Lipinski definition) is 2. The number of carboxylic acids is 1. The van der Waals surface area contributed by atoms with E-state index in [0.29, 0.717) is 46.7 Å². The van der Waals surface area contributed by atoms with E-state index in [1.54, 1.807) is 9.78 Å². The summed E-state index contributed by atoms with van der Waals surface area (Å²) in [5.74, 6) is -0.816. The Balaban J connectivity index is 1.47. The summed E-state index contributed by atoms with van der Waals surface area (Å²) in [5, 5.41) is 11.5. The van der Waals surface area contributed by atoms with E-state index >= 15 is 4.39 Å². The van der Waals surface area contributed by atoms with Gasteiger partial charge in [-0.25, -0.2) is 9.18 Å². The molecule has 1 aromatic carbocycles. The molecule has 9 heteroatoms. The third-order valence-corrected chi connectivity index (χ3v) is 9.63. The number of thiazole rings is 1. The van der Waals surface area contributed by atoms with Crippen LogP contribution >= 0.6 is 11.3 Å². The first-order valence-corrected chi connectivity index (χ1v) is 11.8. The van der Waals surface area contributed by atoms with Gasteiger partial charge in [0.25, 0.3) is 0 Å². The Kier molecular flexibility index (Phi) is 3.32. The first kappa shape index (κ1) is 18.9. The molecule has 32 heavy (non-hydrogen) atoms. The lowest BCUT2D eigenvalue weighted by molar-refractivity contribution is 0.0697. The van der Waals surface area contributed by atoms with Crippen molar-refractivity contribution in [2.75, 3.05) is 18.0 Å². The van der Waals surface area contributed by atoms with Crippen molar-refractivity contribution in [2.45, 2.75) is 38.3 Å². The molecular formula is C23H22FN3O4S. The zero-order valence-corrected chi connectivity index (χ0v) is 18.3. The van der Waals surface area contributed by atoms with Gasteiger partial charge >= 0.3 is 5.97 Å². The second kappa shape index (κ2) is 5.63. The topological polar surface area (TPSA) is 97.3 Å². The largest absolute Gasteiger partial charge is 0.483 e. The summed E-state index contributed by atoms with van der Waals surface area (Å²) in [6.07, 6.45) is 3.14. The molecule has 3 aromatic rings. The molecule has 0 amide bonds. The van der Waals surface area contributed by atoms with Crippen molar-refractivity contribution in [1.29, 1.82) is 0 Å². The summed E-state index contributed by atoms with van der Waals surface area (Å²) >= 11 is 1.20. The number of rotatable bonds is 2. The van der Waals surface area contributed by atoms with Crippen LogP contribution in [0.4, 0.5) is 10.1 Å². The molecule has 1 saturated heterocycles. The summed E-state index contributed by atoms with van der Waals surface area (Å²) in [6, 6.07) is 1.19. The van der Waals surface area contributed by atoms with Gasteiger partial charge in [0.1, 0.15) is 28.2 Å². The van der Waals surface area contributed by atoms with Crippen molar-refractivity contribution in [3.8, 4) is 5.75 Å². The standard InChI is InChI=1S/C23H22FN3O4S/c1-22-2-3-23(25,9-22)13-6-26(5-12(13)22)17-14(24)4-11-16-19(17)31-7-10-8-32-20(27(10)16)15(18(11)28)21(29)30/h4,8,12-13H,2-3,5-7,9,25H2,1H3,(H,29,30). The lowest BCUT2D eigenvalue weighted by atomic mass is 9.72. The summed E-state index contributed by atoms with van der Waals surface area (Å²) < 4.78 is 23.4. The van der Waals surface area contributed by atoms with Crippen molar-refractivity contribution in [2.24, 2.45) is 23.0 Å². The van der Waals surface area contributed by atoms with Crippen molar-refractivity contribution in [1.82, 2.24) is 4.40 Å². The first-order valence-electron chi connectivity index (χ1n) is 10.9. The highest BCUT2D eigenvalue weighted by Crippen LogP contribution is 2.64. The lowest BCUT2D eigenvalue weighted by Gasteiger charge is -2.34. The maximum atomic E-state index is 15.6. The van der Waals surface area contributed by atoms with Gasteiger partial charge in [0.05, 0.1) is 11.1 Å². The highest BCUT2D eigenvalue weighted by molar-refractivity contribution is 7.16. The number of aromatic nitrogens is 1. The molecule has 4 unspecified atom stereocenters. The van der Waals surface area contributed by atoms with Crippen LogP contribution in [0.2, 0.25) is 0 Å². The van der Waals surface area contributed by atoms with Crippen LogP contribution in [-0.4, -0.2) is 34.1 Å². The normalized spacial score (nSPS) is 32.3. The quantitative estimate of drug-likeness (QED) is 0.616. The van der Waals surface area contributed by atoms with Crippen LogP contribution in [0, 0.1) is 23.1 Å². The van der Waals surface area contributed by atoms with Gasteiger partial charge in [-0.3, -0.25) is 9.20 Å². The average molecular weight is 456 g/mol. The molecule has 2 saturated carbocycles. The highest BCUT2D eigenvalue weighted by Gasteiger charge is 2.64. The lowest BCUT2D eigenvalue weighted by Crippen LogP contribution is -2.45. The Labute approximate surface area is 186 Å². The van der Waals surface area contributed by atoms with Crippen LogP contribution in [-0.2, 0) is 6.61 Å². The fourth-order valence-electron chi connectivity index (χ4n) is 7.23. The molecule has 3 fully saturated rings.